The lowest BCUT2D eigenvalue weighted by Gasteiger charge is -2.38. The lowest BCUT2D eigenvalue weighted by molar-refractivity contribution is 0.148. The molecule has 1 aliphatic heterocycles. The molecule has 0 aromatic heterocycles. The van der Waals surface area contributed by atoms with Gasteiger partial charge in [-0.3, -0.25) is 4.90 Å². The van der Waals surface area contributed by atoms with Gasteiger partial charge in [-0.15, -0.1) is 0 Å². The highest BCUT2D eigenvalue weighted by molar-refractivity contribution is 7.88. The van der Waals surface area contributed by atoms with Crippen molar-refractivity contribution in [3.05, 3.63) is 29.8 Å². The zero-order chi connectivity index (χ0) is 15.6. The van der Waals surface area contributed by atoms with Gasteiger partial charge >= 0.3 is 0 Å². The van der Waals surface area contributed by atoms with E-state index >= 15 is 0 Å². The second-order valence-electron chi connectivity index (χ2n) is 5.85. The van der Waals surface area contributed by atoms with E-state index in [9.17, 15) is 8.42 Å². The maximum Gasteiger partial charge on any atom is 0.211 e. The minimum absolute atomic E-state index is 0.0848. The van der Waals surface area contributed by atoms with Crippen LogP contribution in [0.5, 0.6) is 5.75 Å². The van der Waals surface area contributed by atoms with Crippen LogP contribution in [-0.4, -0.2) is 56.7 Å². The second kappa shape index (κ2) is 6.34. The molecule has 0 radical (unpaired) electrons. The number of nitrogens with zero attached hydrogens (tertiary/aromatic N) is 2. The first-order chi connectivity index (χ1) is 9.77. The molecule has 0 saturated carbocycles. The Morgan fingerprint density at radius 3 is 2.33 bits per heavy atom. The summed E-state index contributed by atoms with van der Waals surface area (Å²) < 4.78 is 30.7. The van der Waals surface area contributed by atoms with E-state index in [2.05, 4.69) is 4.90 Å². The summed E-state index contributed by atoms with van der Waals surface area (Å²) in [5, 5.41) is 0. The average molecular weight is 312 g/mol. The Morgan fingerprint density at radius 2 is 1.81 bits per heavy atom. The third-order valence-corrected chi connectivity index (χ3v) is 4.99. The van der Waals surface area contributed by atoms with Crippen LogP contribution in [0.15, 0.2) is 24.3 Å². The molecule has 1 aromatic carbocycles. The van der Waals surface area contributed by atoms with Gasteiger partial charge in [0.05, 0.1) is 12.4 Å². The summed E-state index contributed by atoms with van der Waals surface area (Å²) in [5.41, 5.74) is 1.11. The smallest absolute Gasteiger partial charge is 0.211 e. The van der Waals surface area contributed by atoms with Crippen LogP contribution < -0.4 is 4.74 Å². The third-order valence-electron chi connectivity index (χ3n) is 3.72. The fourth-order valence-electron chi connectivity index (χ4n) is 2.55. The van der Waals surface area contributed by atoms with Crippen molar-refractivity contribution in [2.75, 3.05) is 32.9 Å². The minimum atomic E-state index is -3.13. The number of hydrogen-bond donors (Lipinski definition) is 0. The number of rotatable bonds is 4. The van der Waals surface area contributed by atoms with Gasteiger partial charge in [0.2, 0.25) is 10.0 Å². The van der Waals surface area contributed by atoms with E-state index in [4.69, 9.17) is 4.74 Å². The molecular formula is C15H24N2O3S. The van der Waals surface area contributed by atoms with Gasteiger partial charge in [0.1, 0.15) is 5.75 Å². The standard InChI is InChI=1S/C15H24N2O3S/c1-12(2)20-14-7-5-13(6-8-14)15-11-17(21(4,18)19)10-9-16(15)3/h5-8,12,15H,9-11H2,1-4H3/t15-/m1/s1. The fourth-order valence-corrected chi connectivity index (χ4v) is 3.38. The van der Waals surface area contributed by atoms with Crippen LogP contribution in [0.25, 0.3) is 0 Å². The molecule has 5 nitrogen and oxygen atoms in total. The van der Waals surface area contributed by atoms with Gasteiger partial charge in [0.15, 0.2) is 0 Å². The largest absolute Gasteiger partial charge is 0.491 e. The van der Waals surface area contributed by atoms with Gasteiger partial charge in [-0.2, -0.15) is 4.31 Å². The van der Waals surface area contributed by atoms with Crippen molar-refractivity contribution in [1.29, 1.82) is 0 Å². The van der Waals surface area contributed by atoms with E-state index < -0.39 is 10.0 Å². The molecule has 1 atom stereocenters. The number of likely N-dealkylation sites (N-methyl/N-ethyl adjacent to an activating group) is 1. The van der Waals surface area contributed by atoms with Gasteiger partial charge in [-0.1, -0.05) is 12.1 Å². The fraction of sp³-hybridized carbons (Fsp3) is 0.600. The highest BCUT2D eigenvalue weighted by Crippen LogP contribution is 2.27. The normalized spacial score (nSPS) is 21.7. The van der Waals surface area contributed by atoms with Crippen LogP contribution in [-0.2, 0) is 10.0 Å². The van der Waals surface area contributed by atoms with Gasteiger partial charge in [0.25, 0.3) is 0 Å². The molecule has 0 amide bonds. The molecule has 1 saturated heterocycles. The topological polar surface area (TPSA) is 49.9 Å². The summed E-state index contributed by atoms with van der Waals surface area (Å²) >= 11 is 0. The maximum atomic E-state index is 11.7. The van der Waals surface area contributed by atoms with Crippen molar-refractivity contribution in [2.24, 2.45) is 0 Å². The zero-order valence-electron chi connectivity index (χ0n) is 13.1. The summed E-state index contributed by atoms with van der Waals surface area (Å²) in [5.74, 6) is 0.840. The SMILES string of the molecule is CC(C)Oc1ccc([C@H]2CN(S(C)(=O)=O)CCN2C)cc1. The first kappa shape index (κ1) is 16.3. The summed E-state index contributed by atoms with van der Waals surface area (Å²) in [4.78, 5) is 2.19. The van der Waals surface area contributed by atoms with Gasteiger partial charge < -0.3 is 4.74 Å². The Bertz CT molecular complexity index is 569. The molecule has 0 unspecified atom stereocenters. The molecule has 0 aliphatic carbocycles. The minimum Gasteiger partial charge on any atom is -0.491 e. The molecule has 0 N–H and O–H groups in total. The predicted molar refractivity (Wildman–Crippen MR) is 84.0 cm³/mol. The Kier molecular flexibility index (Phi) is 4.91. The molecule has 0 bridgehead atoms. The van der Waals surface area contributed by atoms with Crippen LogP contribution in [0.1, 0.15) is 25.5 Å². The van der Waals surface area contributed by atoms with E-state index in [1.165, 1.54) is 6.26 Å². The molecule has 1 heterocycles. The molecule has 1 fully saturated rings. The van der Waals surface area contributed by atoms with Crippen molar-refractivity contribution >= 4 is 10.0 Å². The molecule has 1 aromatic rings. The first-order valence-corrected chi connectivity index (χ1v) is 9.04. The van der Waals surface area contributed by atoms with E-state index in [1.807, 2.05) is 45.2 Å². The summed E-state index contributed by atoms with van der Waals surface area (Å²) in [6.07, 6.45) is 1.42. The summed E-state index contributed by atoms with van der Waals surface area (Å²) in [6.45, 7) is 5.78. The molecule has 6 heteroatoms. The first-order valence-electron chi connectivity index (χ1n) is 7.19. The van der Waals surface area contributed by atoms with Gasteiger partial charge in [0, 0.05) is 25.7 Å². The number of piperazine rings is 1. The van der Waals surface area contributed by atoms with Gasteiger partial charge in [-0.05, 0) is 38.6 Å². The maximum absolute atomic E-state index is 11.7. The quantitative estimate of drug-likeness (QED) is 0.849. The van der Waals surface area contributed by atoms with Crippen LogP contribution in [0, 0.1) is 0 Å². The molecule has 1 aliphatic rings. The number of benzene rings is 1. The highest BCUT2D eigenvalue weighted by Gasteiger charge is 2.30. The van der Waals surface area contributed by atoms with Crippen molar-refractivity contribution in [3.63, 3.8) is 0 Å². The third kappa shape index (κ3) is 4.18. The average Bonchev–Trinajstić information content (AvgIpc) is 2.38. The Morgan fingerprint density at radius 1 is 1.19 bits per heavy atom. The molecular weight excluding hydrogens is 288 g/mol. The lowest BCUT2D eigenvalue weighted by atomic mass is 10.0. The molecule has 2 rings (SSSR count). The Hall–Kier alpha value is -1.11. The monoisotopic (exact) mass is 312 g/mol. The van der Waals surface area contributed by atoms with Crippen molar-refractivity contribution in [3.8, 4) is 5.75 Å². The number of sulfonamides is 1. The molecule has 0 spiro atoms. The van der Waals surface area contributed by atoms with Crippen LogP contribution >= 0.6 is 0 Å². The van der Waals surface area contributed by atoms with Crippen molar-refractivity contribution in [1.82, 2.24) is 9.21 Å². The highest BCUT2D eigenvalue weighted by atomic mass is 32.2. The van der Waals surface area contributed by atoms with Gasteiger partial charge in [-0.25, -0.2) is 8.42 Å². The summed E-state index contributed by atoms with van der Waals surface area (Å²) in [7, 11) is -1.10. The van der Waals surface area contributed by atoms with Crippen LogP contribution in [0.3, 0.4) is 0 Å². The summed E-state index contributed by atoms with van der Waals surface area (Å²) in [6, 6.07) is 8.02. The van der Waals surface area contributed by atoms with Crippen LogP contribution in [0.4, 0.5) is 0 Å². The predicted octanol–water partition coefficient (Wildman–Crippen LogP) is 1.72. The van der Waals surface area contributed by atoms with Crippen LogP contribution in [0.2, 0.25) is 0 Å². The lowest BCUT2D eigenvalue weighted by Crippen LogP contribution is -2.48. The molecule has 118 valence electrons. The number of ether oxygens (including phenoxy) is 1. The van der Waals surface area contributed by atoms with Crippen molar-refractivity contribution in [2.45, 2.75) is 26.0 Å². The Balaban J connectivity index is 2.15. The van der Waals surface area contributed by atoms with E-state index in [0.29, 0.717) is 13.1 Å². The van der Waals surface area contributed by atoms with E-state index in [1.54, 1.807) is 4.31 Å². The molecule has 21 heavy (non-hydrogen) atoms. The second-order valence-corrected chi connectivity index (χ2v) is 7.84. The van der Waals surface area contributed by atoms with E-state index in [-0.39, 0.29) is 12.1 Å². The van der Waals surface area contributed by atoms with Crippen molar-refractivity contribution < 1.29 is 13.2 Å². The number of hydrogen-bond acceptors (Lipinski definition) is 4. The Labute approximate surface area is 127 Å². The zero-order valence-corrected chi connectivity index (χ0v) is 13.9. The van der Waals surface area contributed by atoms with E-state index in [0.717, 1.165) is 17.9 Å².